The third-order valence-electron chi connectivity index (χ3n) is 6.05. The molecule has 2 aliphatic rings. The van der Waals surface area contributed by atoms with E-state index in [9.17, 15) is 0 Å². The SMILES string of the molecule is CCCC(C)C1=[C]([Ti+2][CH]2C(P(C(C)(C)C)C(C)(C)C)=Cc3ccccc32)CC=C1.[Cl-].[Cl-]. The van der Waals surface area contributed by atoms with Crippen LogP contribution in [0.4, 0.5) is 0 Å². The number of hydrogen-bond donors (Lipinski definition) is 0. The Kier molecular flexibility index (Phi) is 10.9. The number of hydrogen-bond acceptors (Lipinski definition) is 0. The van der Waals surface area contributed by atoms with Gasteiger partial charge in [0.1, 0.15) is 0 Å². The zero-order valence-corrected chi connectivity index (χ0v) is 24.5. The van der Waals surface area contributed by atoms with Gasteiger partial charge in [-0.25, -0.2) is 0 Å². The zero-order valence-electron chi connectivity index (χ0n) is 20.5. The molecule has 0 bridgehead atoms. The summed E-state index contributed by atoms with van der Waals surface area (Å²) >= 11 is -0.234. The van der Waals surface area contributed by atoms with Gasteiger partial charge in [0.15, 0.2) is 0 Å². The second-order valence-electron chi connectivity index (χ2n) is 10.7. The van der Waals surface area contributed by atoms with Crippen molar-refractivity contribution in [3.05, 3.63) is 62.3 Å². The molecule has 2 aliphatic carbocycles. The number of allylic oxidation sites excluding steroid dienone is 5. The molecule has 2 unspecified atom stereocenters. The van der Waals surface area contributed by atoms with Crippen molar-refractivity contribution in [3.63, 3.8) is 0 Å². The summed E-state index contributed by atoms with van der Waals surface area (Å²) in [7, 11) is -0.237. The smallest absolute Gasteiger partial charge is 1.00 e. The molecule has 2 atom stereocenters. The van der Waals surface area contributed by atoms with Gasteiger partial charge in [-0.05, 0) is 0 Å². The molecule has 0 radical (unpaired) electrons. The van der Waals surface area contributed by atoms with Crippen LogP contribution in [0.1, 0.15) is 90.0 Å². The molecular formula is C27H39Cl2PTi. The quantitative estimate of drug-likeness (QED) is 0.406. The molecule has 0 N–H and O–H groups in total. The maximum absolute atomic E-state index is 2.60. The van der Waals surface area contributed by atoms with Gasteiger partial charge in [0.05, 0.1) is 0 Å². The van der Waals surface area contributed by atoms with E-state index in [1.165, 1.54) is 24.8 Å². The molecule has 1 aromatic rings. The second-order valence-corrected chi connectivity index (χ2v) is 16.8. The molecule has 0 saturated heterocycles. The average molecular weight is 513 g/mol. The molecule has 0 spiro atoms. The van der Waals surface area contributed by atoms with E-state index in [0.29, 0.717) is 20.5 Å². The van der Waals surface area contributed by atoms with E-state index in [1.807, 2.05) is 3.88 Å². The van der Waals surface area contributed by atoms with E-state index < -0.39 is 0 Å². The monoisotopic (exact) mass is 512 g/mol. The van der Waals surface area contributed by atoms with Crippen LogP contribution in [0.5, 0.6) is 0 Å². The Morgan fingerprint density at radius 2 is 1.65 bits per heavy atom. The minimum atomic E-state index is -0.237. The van der Waals surface area contributed by atoms with Crippen LogP contribution < -0.4 is 24.8 Å². The van der Waals surface area contributed by atoms with Gasteiger partial charge in [-0.15, -0.1) is 0 Å². The molecular weight excluding hydrogens is 474 g/mol. The third-order valence-corrected chi connectivity index (χ3v) is 12.7. The van der Waals surface area contributed by atoms with Crippen LogP contribution >= 0.6 is 7.92 Å². The molecule has 3 rings (SSSR count). The number of halogens is 2. The van der Waals surface area contributed by atoms with Crippen LogP contribution in [0.2, 0.25) is 0 Å². The van der Waals surface area contributed by atoms with Crippen LogP contribution in [-0.2, 0) is 19.2 Å². The Hall–Kier alpha value is 0.164. The minimum absolute atomic E-state index is 0. The molecule has 1 aromatic carbocycles. The van der Waals surface area contributed by atoms with Gasteiger partial charge >= 0.3 is 191 Å². The molecule has 0 amide bonds. The average Bonchev–Trinajstić information content (AvgIpc) is 3.18. The van der Waals surface area contributed by atoms with Crippen molar-refractivity contribution in [1.82, 2.24) is 0 Å². The third kappa shape index (κ3) is 6.61. The van der Waals surface area contributed by atoms with E-state index in [1.54, 1.807) is 16.5 Å². The number of rotatable bonds is 6. The minimum Gasteiger partial charge on any atom is -1.00 e. The van der Waals surface area contributed by atoms with Crippen molar-refractivity contribution in [2.75, 3.05) is 0 Å². The zero-order chi connectivity index (χ0) is 21.4. The predicted octanol–water partition coefficient (Wildman–Crippen LogP) is 2.90. The summed E-state index contributed by atoms with van der Waals surface area (Å²) in [4.78, 5) is 0. The fourth-order valence-electron chi connectivity index (χ4n) is 5.32. The molecule has 4 heteroatoms. The van der Waals surface area contributed by atoms with E-state index in [2.05, 4.69) is 97.9 Å². The second kappa shape index (κ2) is 11.5. The summed E-state index contributed by atoms with van der Waals surface area (Å²) in [5, 5.41) is 2.43. The van der Waals surface area contributed by atoms with Gasteiger partial charge in [0.2, 0.25) is 0 Å². The molecule has 31 heavy (non-hydrogen) atoms. The van der Waals surface area contributed by atoms with Crippen molar-refractivity contribution in [2.45, 2.75) is 89.2 Å². The normalized spacial score (nSPS) is 18.9. The molecule has 0 aromatic heterocycles. The topological polar surface area (TPSA) is 0 Å². The fraction of sp³-hybridized carbons (Fsp3) is 0.556. The van der Waals surface area contributed by atoms with Gasteiger partial charge in [0, 0.05) is 0 Å². The van der Waals surface area contributed by atoms with Crippen LogP contribution in [0.3, 0.4) is 0 Å². The maximum Gasteiger partial charge on any atom is -1.00 e. The summed E-state index contributed by atoms with van der Waals surface area (Å²) in [5.74, 6) is 0.716. The van der Waals surface area contributed by atoms with Crippen LogP contribution in [0.25, 0.3) is 6.08 Å². The number of fused-ring (bicyclic) bond motifs is 1. The van der Waals surface area contributed by atoms with Gasteiger partial charge < -0.3 is 24.8 Å². The summed E-state index contributed by atoms with van der Waals surface area (Å²) in [6.45, 7) is 19.6. The van der Waals surface area contributed by atoms with E-state index in [-0.39, 0.29) is 51.9 Å². The molecule has 0 nitrogen and oxygen atoms in total. The van der Waals surface area contributed by atoms with Crippen LogP contribution in [0, 0.1) is 5.92 Å². The largest absolute Gasteiger partial charge is 1.00 e. The van der Waals surface area contributed by atoms with Crippen molar-refractivity contribution in [1.29, 1.82) is 0 Å². The Bertz CT molecular complexity index is 826. The molecule has 0 fully saturated rings. The van der Waals surface area contributed by atoms with Gasteiger partial charge in [-0.1, -0.05) is 0 Å². The van der Waals surface area contributed by atoms with Crippen molar-refractivity contribution >= 4 is 14.0 Å². The maximum atomic E-state index is 2.60. The van der Waals surface area contributed by atoms with Crippen LogP contribution in [0.15, 0.2) is 51.2 Å². The Morgan fingerprint density at radius 3 is 2.23 bits per heavy atom. The van der Waals surface area contributed by atoms with E-state index in [0.717, 1.165) is 0 Å². The Balaban J connectivity index is 0.00000240. The summed E-state index contributed by atoms with van der Waals surface area (Å²) in [6.07, 6.45) is 11.3. The molecule has 170 valence electrons. The first-order valence-electron chi connectivity index (χ1n) is 11.3. The fourth-order valence-corrected chi connectivity index (χ4v) is 13.1. The van der Waals surface area contributed by atoms with Gasteiger partial charge in [-0.2, -0.15) is 0 Å². The summed E-state index contributed by atoms with van der Waals surface area (Å²) < 4.78 is 2.49. The molecule has 0 saturated carbocycles. The number of benzene rings is 1. The first-order chi connectivity index (χ1) is 13.5. The van der Waals surface area contributed by atoms with Gasteiger partial charge in [-0.3, -0.25) is 0 Å². The van der Waals surface area contributed by atoms with E-state index >= 15 is 0 Å². The summed E-state index contributed by atoms with van der Waals surface area (Å²) in [6, 6.07) is 9.25. The van der Waals surface area contributed by atoms with Crippen LogP contribution in [-0.4, -0.2) is 10.3 Å². The predicted molar refractivity (Wildman–Crippen MR) is 128 cm³/mol. The van der Waals surface area contributed by atoms with Crippen molar-refractivity contribution < 1.29 is 44.0 Å². The first-order valence-corrected chi connectivity index (χ1v) is 14.3. The van der Waals surface area contributed by atoms with Crippen molar-refractivity contribution in [2.24, 2.45) is 5.92 Å². The van der Waals surface area contributed by atoms with E-state index in [4.69, 9.17) is 0 Å². The van der Waals surface area contributed by atoms with Crippen molar-refractivity contribution in [3.8, 4) is 0 Å². The summed E-state index contributed by atoms with van der Waals surface area (Å²) in [5.41, 5.74) is 4.80. The standard InChI is InChI=1S/C17H24P.C10H15.2ClH.Ti/c1-16(2,3)18(17(4,5)6)15-11-13-9-7-8-10-14(13)12-15;1-3-6-9(2)10-7-4-5-8-10;;;/h7-12H,1-6H3;4,7,9H,3,5-6H2,1-2H3;2*1H;/q;;;;+2/p-2. The Morgan fingerprint density at radius 1 is 1.03 bits per heavy atom. The first kappa shape index (κ1) is 29.2. The molecule has 0 heterocycles. The molecule has 0 aliphatic heterocycles. The van der Waals surface area contributed by atoms with Gasteiger partial charge in [0.25, 0.3) is 0 Å². The Labute approximate surface area is 214 Å².